The molecule has 2 aromatic carbocycles. The van der Waals surface area contributed by atoms with Gasteiger partial charge < -0.3 is 14.5 Å². The number of hydrogen-bond donors (Lipinski definition) is 1. The predicted molar refractivity (Wildman–Crippen MR) is 91.5 cm³/mol. The molecule has 4 heteroatoms. The van der Waals surface area contributed by atoms with Crippen molar-refractivity contribution in [3.63, 3.8) is 0 Å². The SMILES string of the molecule is COc1ccc2[nH]c3c4c(c(C=O)cc3c2c1)OC(C)(C)C=C4. The second-order valence-electron chi connectivity index (χ2n) is 6.32. The maximum Gasteiger partial charge on any atom is 0.153 e. The lowest BCUT2D eigenvalue weighted by atomic mass is 9.97. The standard InChI is InChI=1S/C19H17NO3/c1-19(2)7-6-13-17-15(8-11(10-21)18(13)23-19)14-9-12(22-3)4-5-16(14)20-17/h4-10,20H,1-3H3. The van der Waals surface area contributed by atoms with E-state index in [-0.39, 0.29) is 0 Å². The second-order valence-corrected chi connectivity index (χ2v) is 6.32. The Bertz CT molecular complexity index is 979. The number of fused-ring (bicyclic) bond motifs is 5. The number of benzene rings is 2. The first-order valence-corrected chi connectivity index (χ1v) is 7.52. The quantitative estimate of drug-likeness (QED) is 0.717. The Morgan fingerprint density at radius 1 is 1.22 bits per heavy atom. The topological polar surface area (TPSA) is 51.3 Å². The van der Waals surface area contributed by atoms with Gasteiger partial charge >= 0.3 is 0 Å². The number of rotatable bonds is 2. The monoisotopic (exact) mass is 307 g/mol. The number of H-pyrrole nitrogens is 1. The molecule has 0 saturated carbocycles. The van der Waals surface area contributed by atoms with Crippen molar-refractivity contribution in [3.05, 3.63) is 41.5 Å². The van der Waals surface area contributed by atoms with E-state index >= 15 is 0 Å². The predicted octanol–water partition coefficient (Wildman–Crippen LogP) is 4.33. The molecule has 0 bridgehead atoms. The fraction of sp³-hybridized carbons (Fsp3) is 0.211. The van der Waals surface area contributed by atoms with E-state index in [1.807, 2.05) is 50.3 Å². The summed E-state index contributed by atoms with van der Waals surface area (Å²) in [6, 6.07) is 7.76. The molecule has 0 saturated heterocycles. The Morgan fingerprint density at radius 3 is 2.78 bits per heavy atom. The van der Waals surface area contributed by atoms with Crippen molar-refractivity contribution in [3.8, 4) is 11.5 Å². The average molecular weight is 307 g/mol. The molecule has 1 aromatic heterocycles. The largest absolute Gasteiger partial charge is 0.497 e. The van der Waals surface area contributed by atoms with Crippen molar-refractivity contribution in [2.24, 2.45) is 0 Å². The molecule has 0 fully saturated rings. The molecule has 4 nitrogen and oxygen atoms in total. The van der Waals surface area contributed by atoms with Gasteiger partial charge in [0.25, 0.3) is 0 Å². The highest BCUT2D eigenvalue weighted by molar-refractivity contribution is 6.13. The molecule has 3 aromatic rings. The zero-order valence-corrected chi connectivity index (χ0v) is 13.3. The summed E-state index contributed by atoms with van der Waals surface area (Å²) in [5, 5.41) is 2.02. The van der Waals surface area contributed by atoms with Crippen LogP contribution in [0.5, 0.6) is 11.5 Å². The molecule has 4 rings (SSSR count). The molecule has 0 spiro atoms. The van der Waals surface area contributed by atoms with Crippen LogP contribution in [0.15, 0.2) is 30.3 Å². The highest BCUT2D eigenvalue weighted by atomic mass is 16.5. The first-order chi connectivity index (χ1) is 11.0. The molecule has 0 unspecified atom stereocenters. The number of aldehydes is 1. The summed E-state index contributed by atoms with van der Waals surface area (Å²) < 4.78 is 11.3. The van der Waals surface area contributed by atoms with E-state index in [0.717, 1.165) is 39.4 Å². The van der Waals surface area contributed by atoms with Gasteiger partial charge in [-0.1, -0.05) is 0 Å². The zero-order chi connectivity index (χ0) is 16.2. The van der Waals surface area contributed by atoms with Crippen molar-refractivity contribution in [1.29, 1.82) is 0 Å². The molecule has 116 valence electrons. The van der Waals surface area contributed by atoms with Crippen LogP contribution in [0.4, 0.5) is 0 Å². The first kappa shape index (κ1) is 13.9. The van der Waals surface area contributed by atoms with Crippen LogP contribution >= 0.6 is 0 Å². The van der Waals surface area contributed by atoms with Crippen molar-refractivity contribution in [2.75, 3.05) is 7.11 Å². The Balaban J connectivity index is 2.11. The minimum absolute atomic E-state index is 0.423. The van der Waals surface area contributed by atoms with Crippen LogP contribution in [-0.2, 0) is 0 Å². The molecule has 1 N–H and O–H groups in total. The lowest BCUT2D eigenvalue weighted by molar-refractivity contribution is 0.110. The Kier molecular flexibility index (Phi) is 2.79. The van der Waals surface area contributed by atoms with Crippen LogP contribution in [0, 0.1) is 0 Å². The van der Waals surface area contributed by atoms with Crippen molar-refractivity contribution in [1.82, 2.24) is 4.98 Å². The second kappa shape index (κ2) is 4.62. The van der Waals surface area contributed by atoms with Crippen molar-refractivity contribution < 1.29 is 14.3 Å². The summed E-state index contributed by atoms with van der Waals surface area (Å²) in [5.41, 5.74) is 3.03. The maximum atomic E-state index is 11.6. The summed E-state index contributed by atoms with van der Waals surface area (Å²) >= 11 is 0. The van der Waals surface area contributed by atoms with Gasteiger partial charge in [0.05, 0.1) is 18.2 Å². The Labute approximate surface area is 133 Å². The molecular formula is C19H17NO3. The summed E-state index contributed by atoms with van der Waals surface area (Å²) in [5.74, 6) is 1.43. The number of methoxy groups -OCH3 is 1. The zero-order valence-electron chi connectivity index (χ0n) is 13.3. The number of hydrogen-bond acceptors (Lipinski definition) is 3. The highest BCUT2D eigenvalue weighted by Crippen LogP contribution is 2.41. The average Bonchev–Trinajstić information content (AvgIpc) is 2.90. The fourth-order valence-electron chi connectivity index (χ4n) is 3.11. The van der Waals surface area contributed by atoms with Gasteiger partial charge in [-0.15, -0.1) is 0 Å². The summed E-state index contributed by atoms with van der Waals surface area (Å²) in [7, 11) is 1.65. The van der Waals surface area contributed by atoms with E-state index < -0.39 is 5.60 Å². The lowest BCUT2D eigenvalue weighted by Gasteiger charge is -2.29. The summed E-state index contributed by atoms with van der Waals surface area (Å²) in [4.78, 5) is 15.0. The van der Waals surface area contributed by atoms with E-state index in [0.29, 0.717) is 11.3 Å². The van der Waals surface area contributed by atoms with Gasteiger partial charge in [0, 0.05) is 21.9 Å². The third kappa shape index (κ3) is 2.02. The van der Waals surface area contributed by atoms with E-state index in [1.165, 1.54) is 0 Å². The molecule has 0 radical (unpaired) electrons. The van der Waals surface area contributed by atoms with Crippen molar-refractivity contribution in [2.45, 2.75) is 19.4 Å². The number of ether oxygens (including phenoxy) is 2. The third-order valence-corrected chi connectivity index (χ3v) is 4.27. The number of nitrogens with one attached hydrogen (secondary N) is 1. The third-order valence-electron chi connectivity index (χ3n) is 4.27. The smallest absolute Gasteiger partial charge is 0.153 e. The number of carbonyl (C=O) groups excluding carboxylic acids is 1. The van der Waals surface area contributed by atoms with Gasteiger partial charge in [0.2, 0.25) is 0 Å². The van der Waals surface area contributed by atoms with Crippen LogP contribution in [-0.4, -0.2) is 24.0 Å². The minimum Gasteiger partial charge on any atom is -0.497 e. The van der Waals surface area contributed by atoms with Crippen molar-refractivity contribution >= 4 is 34.2 Å². The summed E-state index contributed by atoms with van der Waals surface area (Å²) in [6.07, 6.45) is 4.89. The molecule has 1 aliphatic heterocycles. The Morgan fingerprint density at radius 2 is 2.04 bits per heavy atom. The van der Waals surface area contributed by atoms with Crippen LogP contribution in [0.25, 0.3) is 27.9 Å². The van der Waals surface area contributed by atoms with Crippen LogP contribution in [0.1, 0.15) is 29.8 Å². The highest BCUT2D eigenvalue weighted by Gasteiger charge is 2.26. The van der Waals surface area contributed by atoms with Crippen LogP contribution < -0.4 is 9.47 Å². The molecule has 0 amide bonds. The van der Waals surface area contributed by atoms with Gasteiger partial charge in [-0.25, -0.2) is 0 Å². The number of aromatic nitrogens is 1. The van der Waals surface area contributed by atoms with Crippen LogP contribution in [0.2, 0.25) is 0 Å². The summed E-state index contributed by atoms with van der Waals surface area (Å²) in [6.45, 7) is 3.95. The molecule has 0 aliphatic carbocycles. The van der Waals surface area contributed by atoms with E-state index in [2.05, 4.69) is 4.98 Å². The molecule has 23 heavy (non-hydrogen) atoms. The minimum atomic E-state index is -0.423. The number of carbonyl (C=O) groups is 1. The molecule has 2 heterocycles. The van der Waals surface area contributed by atoms with Gasteiger partial charge in [-0.3, -0.25) is 4.79 Å². The molecule has 1 aliphatic rings. The normalized spacial score (nSPS) is 15.4. The van der Waals surface area contributed by atoms with Gasteiger partial charge in [0.1, 0.15) is 17.1 Å². The Hall–Kier alpha value is -2.75. The fourth-order valence-corrected chi connectivity index (χ4v) is 3.11. The van der Waals surface area contributed by atoms with Crippen LogP contribution in [0.3, 0.4) is 0 Å². The van der Waals surface area contributed by atoms with Gasteiger partial charge in [-0.2, -0.15) is 0 Å². The molecular weight excluding hydrogens is 290 g/mol. The van der Waals surface area contributed by atoms with E-state index in [1.54, 1.807) is 7.11 Å². The van der Waals surface area contributed by atoms with E-state index in [9.17, 15) is 4.79 Å². The van der Waals surface area contributed by atoms with Gasteiger partial charge in [0.15, 0.2) is 6.29 Å². The van der Waals surface area contributed by atoms with Gasteiger partial charge in [-0.05, 0) is 50.3 Å². The maximum absolute atomic E-state index is 11.6. The lowest BCUT2D eigenvalue weighted by Crippen LogP contribution is -2.28. The number of aromatic amines is 1. The van der Waals surface area contributed by atoms with E-state index in [4.69, 9.17) is 9.47 Å². The first-order valence-electron chi connectivity index (χ1n) is 7.52. The molecule has 0 atom stereocenters.